The van der Waals surface area contributed by atoms with Crippen LogP contribution < -0.4 is 5.32 Å². The molecule has 5 nitrogen and oxygen atoms in total. The molecule has 0 radical (unpaired) electrons. The van der Waals surface area contributed by atoms with Crippen molar-refractivity contribution in [1.29, 1.82) is 0 Å². The van der Waals surface area contributed by atoms with Gasteiger partial charge in [0, 0.05) is 18.5 Å². The predicted octanol–water partition coefficient (Wildman–Crippen LogP) is 4.60. The third-order valence-electron chi connectivity index (χ3n) is 4.27. The lowest BCUT2D eigenvalue weighted by Crippen LogP contribution is -2.15. The van der Waals surface area contributed by atoms with Gasteiger partial charge in [-0.15, -0.1) is 22.0 Å². The van der Waals surface area contributed by atoms with Crippen LogP contribution in [0.2, 0.25) is 0 Å². The van der Waals surface area contributed by atoms with E-state index < -0.39 is 0 Å². The van der Waals surface area contributed by atoms with Gasteiger partial charge < -0.3 is 9.88 Å². The molecule has 1 N–H and O–H groups in total. The fourth-order valence-electron chi connectivity index (χ4n) is 2.62. The molecule has 0 saturated carbocycles. The zero-order valence-corrected chi connectivity index (χ0v) is 17.9. The highest BCUT2D eigenvalue weighted by molar-refractivity contribution is 7.99. The Balaban J connectivity index is 1.49. The maximum Gasteiger partial charge on any atom is 0.234 e. The van der Waals surface area contributed by atoms with E-state index >= 15 is 0 Å². The summed E-state index contributed by atoms with van der Waals surface area (Å²) in [6, 6.07) is 16.4. The van der Waals surface area contributed by atoms with Gasteiger partial charge in [0.1, 0.15) is 5.82 Å². The van der Waals surface area contributed by atoms with Gasteiger partial charge in [0.15, 0.2) is 5.16 Å². The number of rotatable bonds is 8. The molecule has 0 aliphatic carbocycles. The quantitative estimate of drug-likeness (QED) is 0.548. The average Bonchev–Trinajstić information content (AvgIpc) is 3.04. The number of aryl methyl sites for hydroxylation is 2. The number of nitrogens with zero attached hydrogens (tertiary/aromatic N) is 3. The number of nitrogens with one attached hydrogen (secondary N) is 1. The zero-order valence-electron chi connectivity index (χ0n) is 16.3. The minimum Gasteiger partial charge on any atom is -0.325 e. The van der Waals surface area contributed by atoms with E-state index in [-0.39, 0.29) is 5.91 Å². The summed E-state index contributed by atoms with van der Waals surface area (Å²) in [5.41, 5.74) is 4.34. The van der Waals surface area contributed by atoms with Gasteiger partial charge in [-0.3, -0.25) is 4.79 Å². The smallest absolute Gasteiger partial charge is 0.234 e. The summed E-state index contributed by atoms with van der Waals surface area (Å²) < 4.78 is 1.97. The van der Waals surface area contributed by atoms with Crippen LogP contribution in [0.5, 0.6) is 0 Å². The molecule has 3 aromatic rings. The molecule has 7 heteroatoms. The molecule has 146 valence electrons. The van der Waals surface area contributed by atoms with Crippen LogP contribution in [0.1, 0.15) is 22.5 Å². The summed E-state index contributed by atoms with van der Waals surface area (Å²) in [4.78, 5) is 12.3. The number of benzene rings is 2. The Kier molecular flexibility index (Phi) is 7.17. The van der Waals surface area contributed by atoms with E-state index in [2.05, 4.69) is 39.8 Å². The van der Waals surface area contributed by atoms with Crippen molar-refractivity contribution in [1.82, 2.24) is 14.8 Å². The van der Waals surface area contributed by atoms with Crippen molar-refractivity contribution in [2.24, 2.45) is 7.05 Å². The van der Waals surface area contributed by atoms with Crippen molar-refractivity contribution in [3.8, 4) is 0 Å². The van der Waals surface area contributed by atoms with Gasteiger partial charge >= 0.3 is 0 Å². The van der Waals surface area contributed by atoms with Crippen LogP contribution in [0, 0.1) is 13.8 Å². The van der Waals surface area contributed by atoms with Crippen LogP contribution >= 0.6 is 23.5 Å². The number of carbonyl (C=O) groups is 1. The number of carbonyl (C=O) groups excluding carboxylic acids is 1. The molecule has 1 heterocycles. The van der Waals surface area contributed by atoms with E-state index in [1.807, 2.05) is 49.7 Å². The Labute approximate surface area is 174 Å². The van der Waals surface area contributed by atoms with E-state index in [1.165, 1.54) is 17.3 Å². The van der Waals surface area contributed by atoms with Crippen LogP contribution in [-0.4, -0.2) is 26.4 Å². The molecule has 0 unspecified atom stereocenters. The number of hydrogen-bond acceptors (Lipinski definition) is 5. The summed E-state index contributed by atoms with van der Waals surface area (Å²) in [5.74, 6) is 2.90. The number of amides is 1. The monoisotopic (exact) mass is 412 g/mol. The van der Waals surface area contributed by atoms with E-state index in [9.17, 15) is 4.79 Å². The van der Waals surface area contributed by atoms with Crippen LogP contribution in [0.4, 0.5) is 5.69 Å². The van der Waals surface area contributed by atoms with Gasteiger partial charge in [0.25, 0.3) is 0 Å². The Hall–Kier alpha value is -2.25. The topological polar surface area (TPSA) is 59.8 Å². The third kappa shape index (κ3) is 5.62. The molecule has 3 rings (SSSR count). The van der Waals surface area contributed by atoms with E-state index in [0.29, 0.717) is 5.75 Å². The highest BCUT2D eigenvalue weighted by atomic mass is 32.2. The number of thioether (sulfide) groups is 2. The van der Waals surface area contributed by atoms with E-state index in [1.54, 1.807) is 11.8 Å². The van der Waals surface area contributed by atoms with Crippen LogP contribution in [0.3, 0.4) is 0 Å². The number of hydrogen-bond donors (Lipinski definition) is 1. The fourth-order valence-corrected chi connectivity index (χ4v) is 4.31. The summed E-state index contributed by atoms with van der Waals surface area (Å²) >= 11 is 3.21. The minimum atomic E-state index is -0.0401. The maximum absolute atomic E-state index is 12.3. The van der Waals surface area contributed by atoms with Crippen LogP contribution in [0.25, 0.3) is 0 Å². The summed E-state index contributed by atoms with van der Waals surface area (Å²) in [6.07, 6.45) is 0. The molecule has 0 fully saturated rings. The first-order valence-electron chi connectivity index (χ1n) is 9.03. The largest absolute Gasteiger partial charge is 0.325 e. The highest BCUT2D eigenvalue weighted by Crippen LogP contribution is 2.21. The van der Waals surface area contributed by atoms with Gasteiger partial charge in [-0.1, -0.05) is 54.2 Å². The normalized spacial score (nSPS) is 10.8. The first-order valence-corrected chi connectivity index (χ1v) is 11.2. The Morgan fingerprint density at radius 2 is 1.86 bits per heavy atom. The molecule has 0 aliphatic rings. The fraction of sp³-hybridized carbons (Fsp3) is 0.286. The Bertz CT molecular complexity index is 941. The van der Waals surface area contributed by atoms with Gasteiger partial charge in [-0.2, -0.15) is 0 Å². The van der Waals surface area contributed by atoms with Gasteiger partial charge in [0.05, 0.1) is 11.5 Å². The Morgan fingerprint density at radius 1 is 1.07 bits per heavy atom. The lowest BCUT2D eigenvalue weighted by atomic mass is 10.1. The average molecular weight is 413 g/mol. The number of anilines is 1. The van der Waals surface area contributed by atoms with Crippen molar-refractivity contribution >= 4 is 35.1 Å². The maximum atomic E-state index is 12.3. The van der Waals surface area contributed by atoms with Crippen molar-refractivity contribution < 1.29 is 4.79 Å². The predicted molar refractivity (Wildman–Crippen MR) is 118 cm³/mol. The third-order valence-corrected chi connectivity index (χ3v) is 6.29. The minimum absolute atomic E-state index is 0.0401. The molecule has 2 aromatic carbocycles. The number of aromatic nitrogens is 3. The van der Waals surface area contributed by atoms with Crippen molar-refractivity contribution in [2.75, 3.05) is 11.1 Å². The molecule has 0 bridgehead atoms. The molecule has 1 aromatic heterocycles. The molecule has 0 spiro atoms. The zero-order chi connectivity index (χ0) is 19.9. The molecule has 1 amide bonds. The van der Waals surface area contributed by atoms with Crippen molar-refractivity contribution in [3.63, 3.8) is 0 Å². The highest BCUT2D eigenvalue weighted by Gasteiger charge is 2.12. The van der Waals surface area contributed by atoms with Gasteiger partial charge in [0.2, 0.25) is 5.91 Å². The lowest BCUT2D eigenvalue weighted by molar-refractivity contribution is -0.113. The molecule has 0 aliphatic heterocycles. The van der Waals surface area contributed by atoms with Crippen LogP contribution in [0.15, 0.2) is 53.7 Å². The van der Waals surface area contributed by atoms with Crippen molar-refractivity contribution in [2.45, 2.75) is 30.5 Å². The molecule has 0 saturated heterocycles. The van der Waals surface area contributed by atoms with Gasteiger partial charge in [-0.05, 0) is 36.6 Å². The molecular weight excluding hydrogens is 388 g/mol. The van der Waals surface area contributed by atoms with Gasteiger partial charge in [-0.25, -0.2) is 0 Å². The summed E-state index contributed by atoms with van der Waals surface area (Å²) in [6.45, 7) is 4.00. The van der Waals surface area contributed by atoms with E-state index in [4.69, 9.17) is 0 Å². The first kappa shape index (κ1) is 20.5. The second-order valence-electron chi connectivity index (χ2n) is 6.59. The lowest BCUT2D eigenvalue weighted by Gasteiger charge is -2.09. The Morgan fingerprint density at radius 3 is 2.64 bits per heavy atom. The molecule has 28 heavy (non-hydrogen) atoms. The molecular formula is C21H24N4OS2. The standard InChI is InChI=1S/C21H24N4OS2/c1-15-9-10-16(2)18(11-15)22-20(26)14-28-21-24-23-19(25(21)3)13-27-12-17-7-5-4-6-8-17/h4-11H,12-14H2,1-3H3,(H,22,26). The van der Waals surface area contributed by atoms with Crippen molar-refractivity contribution in [3.05, 3.63) is 71.0 Å². The summed E-state index contributed by atoms with van der Waals surface area (Å²) in [7, 11) is 1.95. The van der Waals surface area contributed by atoms with E-state index in [0.717, 1.165) is 39.3 Å². The molecule has 0 atom stereocenters. The second kappa shape index (κ2) is 9.80. The second-order valence-corrected chi connectivity index (χ2v) is 8.52. The summed E-state index contributed by atoms with van der Waals surface area (Å²) in [5, 5.41) is 12.2. The first-order chi connectivity index (χ1) is 13.5. The van der Waals surface area contributed by atoms with Crippen LogP contribution in [-0.2, 0) is 23.3 Å². The SMILES string of the molecule is Cc1ccc(C)c(NC(=O)CSc2nnc(CSCc3ccccc3)n2C)c1.